The molecule has 4 heteroatoms. The van der Waals surface area contributed by atoms with Gasteiger partial charge in [-0.2, -0.15) is 0 Å². The number of benzene rings is 5. The molecule has 4 aromatic carbocycles. The molecule has 0 aromatic heterocycles. The van der Waals surface area contributed by atoms with E-state index in [9.17, 15) is 4.79 Å². The minimum absolute atomic E-state index is 0.0296. The van der Waals surface area contributed by atoms with Gasteiger partial charge in [0.25, 0.3) is 0 Å². The molecule has 0 radical (unpaired) electrons. The zero-order valence-electron chi connectivity index (χ0n) is 22.0. The average Bonchev–Trinajstić information content (AvgIpc) is 2.96. The standard InChI is InChI=1S/C34H32N2O2/c1-3-5-20-36(21-6-4-2)24-18-19-29-30(22-24)38-34-31(26-17-11-13-23-12-7-8-14-25(23)26)33(37)28-16-10-9-15-27(28)32(34)35-29/h7-19,22H,3-6,20-21H2,1-2H3. The maximum absolute atomic E-state index is 14.0. The van der Waals surface area contributed by atoms with Crippen LogP contribution in [0.5, 0.6) is 0 Å². The predicted octanol–water partition coefficient (Wildman–Crippen LogP) is 8.67. The van der Waals surface area contributed by atoms with Gasteiger partial charge in [-0.15, -0.1) is 0 Å². The molecule has 0 unspecified atom stereocenters. The van der Waals surface area contributed by atoms with Crippen molar-refractivity contribution in [3.63, 3.8) is 0 Å². The molecule has 0 amide bonds. The Morgan fingerprint density at radius 2 is 1.45 bits per heavy atom. The molecule has 0 atom stereocenters. The molecule has 1 aliphatic carbocycles. The van der Waals surface area contributed by atoms with Gasteiger partial charge in [0, 0.05) is 35.6 Å². The molecule has 190 valence electrons. The quantitative estimate of drug-likeness (QED) is 0.155. The van der Waals surface area contributed by atoms with Crippen LogP contribution in [0.3, 0.4) is 0 Å². The molecule has 0 bridgehead atoms. The van der Waals surface area contributed by atoms with Gasteiger partial charge >= 0.3 is 0 Å². The summed E-state index contributed by atoms with van der Waals surface area (Å²) in [6.07, 6.45) is 4.60. The van der Waals surface area contributed by atoms with E-state index in [0.717, 1.165) is 77.4 Å². The topological polar surface area (TPSA) is 46.3 Å². The number of hydrogen-bond donors (Lipinski definition) is 0. The molecular formula is C34H32N2O2. The van der Waals surface area contributed by atoms with Crippen molar-refractivity contribution in [1.82, 2.24) is 4.98 Å². The van der Waals surface area contributed by atoms with E-state index in [-0.39, 0.29) is 5.43 Å². The number of hydrogen-bond acceptors (Lipinski definition) is 4. The van der Waals surface area contributed by atoms with E-state index < -0.39 is 0 Å². The summed E-state index contributed by atoms with van der Waals surface area (Å²) in [6, 6.07) is 28.3. The zero-order chi connectivity index (χ0) is 26.1. The summed E-state index contributed by atoms with van der Waals surface area (Å²) in [4.78, 5) is 21.6. The highest BCUT2D eigenvalue weighted by molar-refractivity contribution is 6.07. The highest BCUT2D eigenvalue weighted by Gasteiger charge is 2.24. The molecule has 4 aromatic rings. The molecule has 0 fully saturated rings. The number of fused-ring (bicyclic) bond motifs is 5. The fraction of sp³-hybridized carbons (Fsp3) is 0.235. The lowest BCUT2D eigenvalue weighted by atomic mass is 9.92. The molecule has 0 spiro atoms. The Balaban J connectivity index is 1.64. The first-order chi connectivity index (χ1) is 18.7. The van der Waals surface area contributed by atoms with Crippen LogP contribution in [0.4, 0.5) is 5.69 Å². The molecule has 0 N–H and O–H groups in total. The van der Waals surface area contributed by atoms with E-state index in [4.69, 9.17) is 9.40 Å². The second kappa shape index (κ2) is 10.3. The SMILES string of the molecule is CCCCN(CCCC)c1ccc2nc3c4ccccc4c(=O)c(-c4cccc5ccccc45)c-3oc2c1. The highest BCUT2D eigenvalue weighted by Crippen LogP contribution is 2.40. The van der Waals surface area contributed by atoms with Crippen LogP contribution in [0.1, 0.15) is 39.5 Å². The molecule has 6 rings (SSSR count). The fourth-order valence-electron chi connectivity index (χ4n) is 5.44. The van der Waals surface area contributed by atoms with E-state index in [1.54, 1.807) is 0 Å². The molecule has 2 aliphatic rings. The van der Waals surface area contributed by atoms with Crippen molar-refractivity contribution >= 4 is 38.3 Å². The number of anilines is 1. The van der Waals surface area contributed by atoms with Crippen LogP contribution < -0.4 is 10.3 Å². The van der Waals surface area contributed by atoms with Crippen LogP contribution >= 0.6 is 0 Å². The van der Waals surface area contributed by atoms with Crippen LogP contribution in [-0.2, 0) is 0 Å². The van der Waals surface area contributed by atoms with E-state index in [1.807, 2.05) is 48.5 Å². The molecule has 0 saturated carbocycles. The Kier molecular flexibility index (Phi) is 6.55. The Morgan fingerprint density at radius 3 is 2.21 bits per heavy atom. The van der Waals surface area contributed by atoms with Crippen molar-refractivity contribution < 1.29 is 4.42 Å². The van der Waals surface area contributed by atoms with Gasteiger partial charge in [0.05, 0.1) is 5.56 Å². The third kappa shape index (κ3) is 4.20. The van der Waals surface area contributed by atoms with Crippen LogP contribution in [0.25, 0.3) is 55.2 Å². The summed E-state index contributed by atoms with van der Waals surface area (Å²) in [5, 5.41) is 3.59. The van der Waals surface area contributed by atoms with E-state index in [2.05, 4.69) is 55.1 Å². The van der Waals surface area contributed by atoms with Gasteiger partial charge in [0.2, 0.25) is 0 Å². The zero-order valence-corrected chi connectivity index (χ0v) is 22.0. The van der Waals surface area contributed by atoms with Gasteiger partial charge in [-0.25, -0.2) is 4.98 Å². The Morgan fingerprint density at radius 1 is 0.763 bits per heavy atom. The summed E-state index contributed by atoms with van der Waals surface area (Å²) in [5.41, 5.74) is 4.76. The van der Waals surface area contributed by atoms with Crippen molar-refractivity contribution in [1.29, 1.82) is 0 Å². The van der Waals surface area contributed by atoms with Gasteiger partial charge in [0.15, 0.2) is 16.8 Å². The first-order valence-electron chi connectivity index (χ1n) is 13.7. The summed E-state index contributed by atoms with van der Waals surface area (Å²) in [6.45, 7) is 6.48. The van der Waals surface area contributed by atoms with Crippen molar-refractivity contribution in [3.05, 3.63) is 95.2 Å². The Labute approximate surface area is 222 Å². The second-order valence-electron chi connectivity index (χ2n) is 10.0. The van der Waals surface area contributed by atoms with E-state index in [0.29, 0.717) is 22.3 Å². The van der Waals surface area contributed by atoms with Gasteiger partial charge in [-0.05, 0) is 41.3 Å². The molecule has 38 heavy (non-hydrogen) atoms. The number of rotatable bonds is 8. The molecule has 1 aliphatic heterocycles. The number of aromatic nitrogens is 1. The average molecular weight is 501 g/mol. The smallest absolute Gasteiger partial charge is 0.198 e. The lowest BCUT2D eigenvalue weighted by molar-refractivity contribution is 0.614. The number of nitrogens with zero attached hydrogens (tertiary/aromatic N) is 2. The normalized spacial score (nSPS) is 11.6. The lowest BCUT2D eigenvalue weighted by Gasteiger charge is -2.25. The maximum Gasteiger partial charge on any atom is 0.198 e. The third-order valence-electron chi connectivity index (χ3n) is 7.47. The molecular weight excluding hydrogens is 468 g/mol. The summed E-state index contributed by atoms with van der Waals surface area (Å²) >= 11 is 0. The predicted molar refractivity (Wildman–Crippen MR) is 159 cm³/mol. The molecule has 4 nitrogen and oxygen atoms in total. The first kappa shape index (κ1) is 24.2. The Bertz CT molecular complexity index is 1770. The van der Waals surface area contributed by atoms with Crippen molar-refractivity contribution in [2.24, 2.45) is 0 Å². The van der Waals surface area contributed by atoms with Crippen LogP contribution in [0.15, 0.2) is 94.1 Å². The summed E-state index contributed by atoms with van der Waals surface area (Å²) in [5.74, 6) is 0.545. The van der Waals surface area contributed by atoms with Crippen molar-refractivity contribution in [2.45, 2.75) is 39.5 Å². The van der Waals surface area contributed by atoms with Gasteiger partial charge in [0.1, 0.15) is 11.2 Å². The highest BCUT2D eigenvalue weighted by atomic mass is 16.3. The maximum atomic E-state index is 14.0. The lowest BCUT2D eigenvalue weighted by Crippen LogP contribution is -2.25. The number of unbranched alkanes of at least 4 members (excludes halogenated alkanes) is 2. The van der Waals surface area contributed by atoms with Crippen LogP contribution in [0.2, 0.25) is 0 Å². The van der Waals surface area contributed by atoms with Crippen LogP contribution in [0, 0.1) is 0 Å². The minimum atomic E-state index is -0.0296. The van der Waals surface area contributed by atoms with Gasteiger partial charge in [-0.3, -0.25) is 4.79 Å². The summed E-state index contributed by atoms with van der Waals surface area (Å²) < 4.78 is 6.68. The fourth-order valence-corrected chi connectivity index (χ4v) is 5.44. The monoisotopic (exact) mass is 500 g/mol. The summed E-state index contributed by atoms with van der Waals surface area (Å²) in [7, 11) is 0. The van der Waals surface area contributed by atoms with Crippen molar-refractivity contribution in [2.75, 3.05) is 18.0 Å². The van der Waals surface area contributed by atoms with E-state index in [1.165, 1.54) is 0 Å². The largest absolute Gasteiger partial charge is 0.452 e. The van der Waals surface area contributed by atoms with Gasteiger partial charge < -0.3 is 9.32 Å². The first-order valence-corrected chi connectivity index (χ1v) is 13.7. The van der Waals surface area contributed by atoms with Crippen molar-refractivity contribution in [3.8, 4) is 22.6 Å². The van der Waals surface area contributed by atoms with Gasteiger partial charge in [-0.1, -0.05) is 93.4 Å². The minimum Gasteiger partial charge on any atom is -0.452 e. The van der Waals surface area contributed by atoms with Crippen LogP contribution in [-0.4, -0.2) is 18.1 Å². The molecule has 1 heterocycles. The third-order valence-corrected chi connectivity index (χ3v) is 7.47. The van der Waals surface area contributed by atoms with E-state index >= 15 is 0 Å². The molecule has 0 saturated heterocycles. The second-order valence-corrected chi connectivity index (χ2v) is 10.0. The Hall–Kier alpha value is -4.18.